The van der Waals surface area contributed by atoms with Gasteiger partial charge >= 0.3 is 0 Å². The van der Waals surface area contributed by atoms with Crippen molar-refractivity contribution in [2.75, 3.05) is 0 Å². The van der Waals surface area contributed by atoms with Gasteiger partial charge in [0.15, 0.2) is 5.82 Å². The van der Waals surface area contributed by atoms with Crippen molar-refractivity contribution in [2.45, 2.75) is 6.42 Å². The maximum absolute atomic E-state index is 9.45. The van der Waals surface area contributed by atoms with Gasteiger partial charge in [0, 0.05) is 17.0 Å². The number of benzene rings is 2. The molecule has 20 heavy (non-hydrogen) atoms. The van der Waals surface area contributed by atoms with Crippen LogP contribution in [0.1, 0.15) is 11.4 Å². The fourth-order valence-electron chi connectivity index (χ4n) is 1.89. The zero-order valence-electron chi connectivity index (χ0n) is 10.5. The van der Waals surface area contributed by atoms with Gasteiger partial charge in [0.1, 0.15) is 5.75 Å². The van der Waals surface area contributed by atoms with E-state index >= 15 is 0 Å². The third kappa shape index (κ3) is 2.65. The van der Waals surface area contributed by atoms with E-state index in [1.807, 2.05) is 24.3 Å². The van der Waals surface area contributed by atoms with Crippen LogP contribution >= 0.6 is 11.6 Å². The van der Waals surface area contributed by atoms with E-state index < -0.39 is 0 Å². The van der Waals surface area contributed by atoms with E-state index in [1.165, 1.54) is 0 Å². The molecule has 0 fully saturated rings. The van der Waals surface area contributed by atoms with E-state index in [4.69, 9.17) is 16.1 Å². The molecule has 0 radical (unpaired) electrons. The lowest BCUT2D eigenvalue weighted by molar-refractivity contribution is 0.423. The van der Waals surface area contributed by atoms with Crippen LogP contribution < -0.4 is 0 Å². The van der Waals surface area contributed by atoms with E-state index in [0.29, 0.717) is 28.7 Å². The second-order valence-electron chi connectivity index (χ2n) is 4.33. The van der Waals surface area contributed by atoms with Gasteiger partial charge in [-0.15, -0.1) is 0 Å². The number of hydrogen-bond donors (Lipinski definition) is 1. The third-order valence-electron chi connectivity index (χ3n) is 2.87. The highest BCUT2D eigenvalue weighted by Crippen LogP contribution is 2.23. The minimum atomic E-state index is 0.161. The number of halogens is 1. The Morgan fingerprint density at radius 3 is 2.75 bits per heavy atom. The van der Waals surface area contributed by atoms with E-state index in [-0.39, 0.29) is 5.75 Å². The van der Waals surface area contributed by atoms with Crippen molar-refractivity contribution in [3.05, 3.63) is 64.9 Å². The largest absolute Gasteiger partial charge is 0.508 e. The third-order valence-corrected chi connectivity index (χ3v) is 3.24. The topological polar surface area (TPSA) is 59.2 Å². The highest BCUT2D eigenvalue weighted by Gasteiger charge is 2.11. The molecule has 0 aliphatic carbocycles. The van der Waals surface area contributed by atoms with Gasteiger partial charge in [-0.3, -0.25) is 0 Å². The molecular formula is C15H11ClN2O2. The number of aromatic nitrogens is 2. The summed E-state index contributed by atoms with van der Waals surface area (Å²) in [5.41, 5.74) is 1.63. The molecule has 1 aromatic heterocycles. The number of rotatable bonds is 3. The summed E-state index contributed by atoms with van der Waals surface area (Å²) in [6, 6.07) is 14.2. The standard InChI is InChI=1S/C15H11ClN2O2/c16-13-7-2-1-4-10(13)9-14-17-15(20-18-14)11-5-3-6-12(19)8-11/h1-8,19H,9H2. The average Bonchev–Trinajstić information content (AvgIpc) is 2.90. The monoisotopic (exact) mass is 286 g/mol. The molecule has 0 spiro atoms. The average molecular weight is 287 g/mol. The minimum absolute atomic E-state index is 0.161. The molecule has 0 atom stereocenters. The molecule has 3 rings (SSSR count). The van der Waals surface area contributed by atoms with Crippen LogP contribution in [0.4, 0.5) is 0 Å². The second kappa shape index (κ2) is 5.35. The number of hydrogen-bond acceptors (Lipinski definition) is 4. The number of nitrogens with zero attached hydrogens (tertiary/aromatic N) is 2. The van der Waals surface area contributed by atoms with Gasteiger partial charge in [0.05, 0.1) is 0 Å². The molecule has 0 saturated heterocycles. The Morgan fingerprint density at radius 2 is 1.95 bits per heavy atom. The van der Waals surface area contributed by atoms with E-state index in [0.717, 1.165) is 5.56 Å². The van der Waals surface area contributed by atoms with Gasteiger partial charge in [-0.05, 0) is 29.8 Å². The summed E-state index contributed by atoms with van der Waals surface area (Å²) >= 11 is 6.10. The maximum atomic E-state index is 9.45. The molecule has 0 bridgehead atoms. The van der Waals surface area contributed by atoms with Gasteiger partial charge in [0.25, 0.3) is 5.89 Å². The van der Waals surface area contributed by atoms with Crippen molar-refractivity contribution >= 4 is 11.6 Å². The zero-order chi connectivity index (χ0) is 13.9. The second-order valence-corrected chi connectivity index (χ2v) is 4.74. The van der Waals surface area contributed by atoms with E-state index in [2.05, 4.69) is 10.1 Å². The van der Waals surface area contributed by atoms with Crippen molar-refractivity contribution in [1.82, 2.24) is 10.1 Å². The van der Waals surface area contributed by atoms with Crippen LogP contribution in [-0.2, 0) is 6.42 Å². The molecule has 0 aliphatic heterocycles. The van der Waals surface area contributed by atoms with Crippen LogP contribution in [-0.4, -0.2) is 15.2 Å². The maximum Gasteiger partial charge on any atom is 0.258 e. The van der Waals surface area contributed by atoms with Gasteiger partial charge < -0.3 is 9.63 Å². The zero-order valence-corrected chi connectivity index (χ0v) is 11.2. The summed E-state index contributed by atoms with van der Waals surface area (Å²) in [4.78, 5) is 4.31. The Bertz CT molecular complexity index is 740. The molecule has 100 valence electrons. The van der Waals surface area contributed by atoms with Crippen LogP contribution in [0, 0.1) is 0 Å². The van der Waals surface area contributed by atoms with E-state index in [9.17, 15) is 5.11 Å². The molecule has 3 aromatic rings. The Hall–Kier alpha value is -2.33. The van der Waals surface area contributed by atoms with Gasteiger partial charge in [-0.2, -0.15) is 4.98 Å². The predicted molar refractivity (Wildman–Crippen MR) is 75.7 cm³/mol. The molecule has 2 aromatic carbocycles. The fourth-order valence-corrected chi connectivity index (χ4v) is 2.10. The Labute approximate surface area is 120 Å². The number of phenolic OH excluding ortho intramolecular Hbond substituents is 1. The molecule has 1 N–H and O–H groups in total. The summed E-state index contributed by atoms with van der Waals surface area (Å²) in [5, 5.41) is 14.1. The van der Waals surface area contributed by atoms with Crippen molar-refractivity contribution in [3.63, 3.8) is 0 Å². The molecular weight excluding hydrogens is 276 g/mol. The summed E-state index contributed by atoms with van der Waals surface area (Å²) in [5.74, 6) is 1.09. The Balaban J connectivity index is 1.86. The molecule has 4 nitrogen and oxygen atoms in total. The van der Waals surface area contributed by atoms with Crippen LogP contribution in [0.2, 0.25) is 5.02 Å². The van der Waals surface area contributed by atoms with Crippen LogP contribution in [0.3, 0.4) is 0 Å². The van der Waals surface area contributed by atoms with E-state index in [1.54, 1.807) is 24.3 Å². The number of phenols is 1. The highest BCUT2D eigenvalue weighted by molar-refractivity contribution is 6.31. The molecule has 0 saturated carbocycles. The van der Waals surface area contributed by atoms with Crippen LogP contribution in [0.5, 0.6) is 5.75 Å². The van der Waals surface area contributed by atoms with Crippen molar-refractivity contribution in [3.8, 4) is 17.2 Å². The Kier molecular flexibility index (Phi) is 3.39. The molecule has 0 unspecified atom stereocenters. The summed E-state index contributed by atoms with van der Waals surface area (Å²) in [7, 11) is 0. The first-order chi connectivity index (χ1) is 9.72. The van der Waals surface area contributed by atoms with Gasteiger partial charge in [0.2, 0.25) is 0 Å². The summed E-state index contributed by atoms with van der Waals surface area (Å²) in [6.07, 6.45) is 0.502. The fraction of sp³-hybridized carbons (Fsp3) is 0.0667. The lowest BCUT2D eigenvalue weighted by Gasteiger charge is -1.99. The molecule has 0 aliphatic rings. The first-order valence-electron chi connectivity index (χ1n) is 6.08. The lowest BCUT2D eigenvalue weighted by atomic mass is 10.1. The van der Waals surface area contributed by atoms with Gasteiger partial charge in [-0.1, -0.05) is 41.0 Å². The highest BCUT2D eigenvalue weighted by atomic mass is 35.5. The normalized spacial score (nSPS) is 10.7. The number of aromatic hydroxyl groups is 1. The van der Waals surface area contributed by atoms with Crippen LogP contribution in [0.25, 0.3) is 11.5 Å². The summed E-state index contributed by atoms with van der Waals surface area (Å²) < 4.78 is 5.20. The molecule has 0 amide bonds. The SMILES string of the molecule is Oc1cccc(-c2nc(Cc3ccccc3Cl)no2)c1. The molecule has 1 heterocycles. The van der Waals surface area contributed by atoms with Crippen LogP contribution in [0.15, 0.2) is 53.1 Å². The first-order valence-corrected chi connectivity index (χ1v) is 6.45. The predicted octanol–water partition coefficient (Wildman–Crippen LogP) is 3.69. The van der Waals surface area contributed by atoms with Gasteiger partial charge in [-0.25, -0.2) is 0 Å². The Morgan fingerprint density at radius 1 is 1.10 bits per heavy atom. The lowest BCUT2D eigenvalue weighted by Crippen LogP contribution is -1.91. The quantitative estimate of drug-likeness (QED) is 0.798. The summed E-state index contributed by atoms with van der Waals surface area (Å²) in [6.45, 7) is 0. The van der Waals surface area contributed by atoms with Crippen molar-refractivity contribution in [2.24, 2.45) is 0 Å². The van der Waals surface area contributed by atoms with Crippen molar-refractivity contribution < 1.29 is 9.63 Å². The minimum Gasteiger partial charge on any atom is -0.508 e. The molecule has 5 heteroatoms. The smallest absolute Gasteiger partial charge is 0.258 e. The van der Waals surface area contributed by atoms with Crippen molar-refractivity contribution in [1.29, 1.82) is 0 Å². The first kappa shape index (κ1) is 12.7.